The number of carboxylic acid groups (broad SMARTS) is 1. The lowest BCUT2D eigenvalue weighted by atomic mass is 10.3. The molecule has 20 heavy (non-hydrogen) atoms. The molecule has 7 nitrogen and oxygen atoms in total. The molecule has 0 spiro atoms. The van der Waals surface area contributed by atoms with Crippen LogP contribution in [0.15, 0.2) is 40.9 Å². The summed E-state index contributed by atoms with van der Waals surface area (Å²) in [5.41, 5.74) is 0.913. The van der Waals surface area contributed by atoms with Gasteiger partial charge in [-0.1, -0.05) is 0 Å². The van der Waals surface area contributed by atoms with E-state index in [-0.39, 0.29) is 5.56 Å². The van der Waals surface area contributed by atoms with Crippen LogP contribution in [0.25, 0.3) is 11.0 Å². The minimum atomic E-state index is -0.983. The molecule has 1 N–H and O–H groups in total. The molecule has 3 aromatic rings. The molecule has 100 valence electrons. The van der Waals surface area contributed by atoms with Gasteiger partial charge in [0.25, 0.3) is 0 Å². The summed E-state index contributed by atoms with van der Waals surface area (Å²) >= 11 is 1.28. The van der Waals surface area contributed by atoms with Crippen LogP contribution in [0.2, 0.25) is 0 Å². The zero-order chi connectivity index (χ0) is 14.1. The van der Waals surface area contributed by atoms with Crippen molar-refractivity contribution in [3.8, 4) is 0 Å². The SMILES string of the molecule is Cn1ncc2c(Sc3cc(C(=O)O)ccn3)ncnc21. The second-order valence-electron chi connectivity index (χ2n) is 3.97. The predicted octanol–water partition coefficient (Wildman–Crippen LogP) is 1.61. The summed E-state index contributed by atoms with van der Waals surface area (Å²) in [5, 5.41) is 15.2. The topological polar surface area (TPSA) is 93.8 Å². The highest BCUT2D eigenvalue weighted by molar-refractivity contribution is 7.99. The molecule has 0 aliphatic rings. The first-order chi connectivity index (χ1) is 9.65. The highest BCUT2D eigenvalue weighted by Crippen LogP contribution is 2.29. The lowest BCUT2D eigenvalue weighted by Gasteiger charge is -2.02. The third-order valence-electron chi connectivity index (χ3n) is 2.68. The van der Waals surface area contributed by atoms with Gasteiger partial charge in [0, 0.05) is 13.2 Å². The van der Waals surface area contributed by atoms with E-state index < -0.39 is 5.97 Å². The lowest BCUT2D eigenvalue weighted by Crippen LogP contribution is -1.97. The highest BCUT2D eigenvalue weighted by Gasteiger charge is 2.11. The number of carboxylic acids is 1. The number of rotatable bonds is 3. The summed E-state index contributed by atoms with van der Waals surface area (Å²) in [6, 6.07) is 2.96. The van der Waals surface area contributed by atoms with Crippen LogP contribution in [0, 0.1) is 0 Å². The molecule has 0 aliphatic heterocycles. The van der Waals surface area contributed by atoms with Crippen LogP contribution in [0.3, 0.4) is 0 Å². The molecule has 0 saturated carbocycles. The van der Waals surface area contributed by atoms with Gasteiger partial charge in [-0.25, -0.2) is 19.7 Å². The molecule has 0 amide bonds. The highest BCUT2D eigenvalue weighted by atomic mass is 32.2. The molecule has 3 heterocycles. The van der Waals surface area contributed by atoms with Gasteiger partial charge in [-0.2, -0.15) is 5.10 Å². The number of pyridine rings is 1. The van der Waals surface area contributed by atoms with Gasteiger partial charge in [0.15, 0.2) is 5.65 Å². The Bertz CT molecular complexity index is 801. The molecule has 8 heteroatoms. The van der Waals surface area contributed by atoms with Crippen LogP contribution in [-0.2, 0) is 7.05 Å². The molecule has 0 fully saturated rings. The second-order valence-corrected chi connectivity index (χ2v) is 4.98. The van der Waals surface area contributed by atoms with E-state index in [1.165, 1.54) is 36.4 Å². The molecule has 0 atom stereocenters. The van der Waals surface area contributed by atoms with Gasteiger partial charge in [-0.05, 0) is 23.9 Å². The van der Waals surface area contributed by atoms with Gasteiger partial charge >= 0.3 is 5.97 Å². The van der Waals surface area contributed by atoms with Gasteiger partial charge < -0.3 is 5.11 Å². The van der Waals surface area contributed by atoms with Crippen LogP contribution in [0.4, 0.5) is 0 Å². The first-order valence-corrected chi connectivity index (χ1v) is 6.46. The summed E-state index contributed by atoms with van der Waals surface area (Å²) in [6.45, 7) is 0. The standard InChI is InChI=1S/C12H9N5O2S/c1-17-10-8(5-16-17)11(15-6-14-10)20-9-4-7(12(18)19)2-3-13-9/h2-6H,1H3,(H,18,19). The molecule has 0 aromatic carbocycles. The van der Waals surface area contributed by atoms with Gasteiger partial charge in [0.2, 0.25) is 0 Å². The normalized spacial score (nSPS) is 10.8. The fraction of sp³-hybridized carbons (Fsp3) is 0.0833. The maximum atomic E-state index is 10.9. The zero-order valence-electron chi connectivity index (χ0n) is 10.4. The summed E-state index contributed by atoms with van der Waals surface area (Å²) < 4.78 is 1.65. The van der Waals surface area contributed by atoms with Crippen molar-refractivity contribution in [2.45, 2.75) is 10.1 Å². The smallest absolute Gasteiger partial charge is 0.335 e. The minimum absolute atomic E-state index is 0.194. The van der Waals surface area contributed by atoms with E-state index in [0.29, 0.717) is 10.1 Å². The van der Waals surface area contributed by atoms with Crippen molar-refractivity contribution >= 4 is 28.8 Å². The number of hydrogen-bond acceptors (Lipinski definition) is 6. The third kappa shape index (κ3) is 2.21. The van der Waals surface area contributed by atoms with Crippen molar-refractivity contribution in [2.24, 2.45) is 7.05 Å². The molecular weight excluding hydrogens is 278 g/mol. The minimum Gasteiger partial charge on any atom is -0.478 e. The summed E-state index contributed by atoms with van der Waals surface area (Å²) in [7, 11) is 1.80. The summed E-state index contributed by atoms with van der Waals surface area (Å²) in [4.78, 5) is 23.4. The van der Waals surface area contributed by atoms with Crippen molar-refractivity contribution < 1.29 is 9.90 Å². The molecule has 0 bridgehead atoms. The Kier molecular flexibility index (Phi) is 3.07. The number of aromatic nitrogens is 5. The first-order valence-electron chi connectivity index (χ1n) is 5.65. The Labute approximate surface area is 117 Å². The zero-order valence-corrected chi connectivity index (χ0v) is 11.2. The van der Waals surface area contributed by atoms with Crippen molar-refractivity contribution in [1.82, 2.24) is 24.7 Å². The molecule has 3 rings (SSSR count). The second kappa shape index (κ2) is 4.89. The number of aryl methyl sites for hydroxylation is 1. The van der Waals surface area contributed by atoms with E-state index in [0.717, 1.165) is 11.0 Å². The first kappa shape index (κ1) is 12.5. The van der Waals surface area contributed by atoms with Crippen LogP contribution in [0.1, 0.15) is 10.4 Å². The van der Waals surface area contributed by atoms with Crippen LogP contribution in [0.5, 0.6) is 0 Å². The van der Waals surface area contributed by atoms with Crippen LogP contribution in [-0.4, -0.2) is 35.8 Å². The number of aromatic carboxylic acids is 1. The van der Waals surface area contributed by atoms with Crippen molar-refractivity contribution in [3.63, 3.8) is 0 Å². The largest absolute Gasteiger partial charge is 0.478 e. The molecule has 0 radical (unpaired) electrons. The van der Waals surface area contributed by atoms with E-state index in [9.17, 15) is 4.79 Å². The maximum Gasteiger partial charge on any atom is 0.335 e. The molecule has 0 aliphatic carbocycles. The molecule has 0 unspecified atom stereocenters. The predicted molar refractivity (Wildman–Crippen MR) is 71.6 cm³/mol. The van der Waals surface area contributed by atoms with Crippen molar-refractivity contribution in [1.29, 1.82) is 0 Å². The van der Waals surface area contributed by atoms with E-state index in [2.05, 4.69) is 20.1 Å². The Hall–Kier alpha value is -2.48. The van der Waals surface area contributed by atoms with E-state index in [1.807, 2.05) is 0 Å². The number of carbonyl (C=O) groups is 1. The van der Waals surface area contributed by atoms with Gasteiger partial charge in [-0.3, -0.25) is 4.68 Å². The average molecular weight is 287 g/mol. The number of hydrogen-bond donors (Lipinski definition) is 1. The molecular formula is C12H9N5O2S. The number of nitrogens with zero attached hydrogens (tertiary/aromatic N) is 5. The monoisotopic (exact) mass is 287 g/mol. The van der Waals surface area contributed by atoms with Gasteiger partial charge in [0.1, 0.15) is 16.4 Å². The van der Waals surface area contributed by atoms with E-state index in [1.54, 1.807) is 17.9 Å². The van der Waals surface area contributed by atoms with E-state index in [4.69, 9.17) is 5.11 Å². The molecule has 3 aromatic heterocycles. The Balaban J connectivity index is 2.01. The number of fused-ring (bicyclic) bond motifs is 1. The summed E-state index contributed by atoms with van der Waals surface area (Å²) in [6.07, 6.45) is 4.60. The van der Waals surface area contributed by atoms with Crippen LogP contribution >= 0.6 is 11.8 Å². The average Bonchev–Trinajstić information content (AvgIpc) is 2.82. The van der Waals surface area contributed by atoms with Gasteiger partial charge in [0.05, 0.1) is 17.1 Å². The van der Waals surface area contributed by atoms with Crippen molar-refractivity contribution in [2.75, 3.05) is 0 Å². The Morgan fingerprint density at radius 3 is 3.00 bits per heavy atom. The lowest BCUT2D eigenvalue weighted by molar-refractivity contribution is 0.0696. The fourth-order valence-corrected chi connectivity index (χ4v) is 2.57. The molecule has 0 saturated heterocycles. The van der Waals surface area contributed by atoms with E-state index >= 15 is 0 Å². The van der Waals surface area contributed by atoms with Gasteiger partial charge in [-0.15, -0.1) is 0 Å². The van der Waals surface area contributed by atoms with Crippen LogP contribution < -0.4 is 0 Å². The Morgan fingerprint density at radius 1 is 1.35 bits per heavy atom. The third-order valence-corrected chi connectivity index (χ3v) is 3.63. The fourth-order valence-electron chi connectivity index (χ4n) is 1.72. The summed E-state index contributed by atoms with van der Waals surface area (Å²) in [5.74, 6) is -0.983. The maximum absolute atomic E-state index is 10.9. The quantitative estimate of drug-likeness (QED) is 0.731. The van der Waals surface area contributed by atoms with Crippen molar-refractivity contribution in [3.05, 3.63) is 36.4 Å². The Morgan fingerprint density at radius 2 is 2.20 bits per heavy atom.